The fourth-order valence-corrected chi connectivity index (χ4v) is 8.66. The predicted molar refractivity (Wildman–Crippen MR) is 131 cm³/mol. The number of carbonyl (C=O) groups is 1. The number of carboxylic acid groups (broad SMARTS) is 1. The van der Waals surface area contributed by atoms with Gasteiger partial charge in [0.2, 0.25) is 0 Å². The van der Waals surface area contributed by atoms with Crippen molar-refractivity contribution in [3.8, 4) is 0 Å². The van der Waals surface area contributed by atoms with E-state index < -0.39 is 13.2 Å². The number of rotatable bonds is 13. The SMILES string of the molecule is Cn1cc([P+](CCCCCCCCCC(=O)O)(c2ccccc2)c2ccccc2)cn1. The van der Waals surface area contributed by atoms with Gasteiger partial charge in [0.25, 0.3) is 0 Å². The molecule has 1 N–H and O–H groups in total. The molecule has 1 aromatic heterocycles. The van der Waals surface area contributed by atoms with Crippen LogP contribution in [0.3, 0.4) is 0 Å². The molecule has 1 heterocycles. The maximum Gasteiger partial charge on any atom is 0.303 e. The van der Waals surface area contributed by atoms with E-state index in [4.69, 9.17) is 5.11 Å². The first-order valence-electron chi connectivity index (χ1n) is 11.3. The van der Waals surface area contributed by atoms with Gasteiger partial charge >= 0.3 is 5.97 Å². The normalized spacial score (nSPS) is 11.5. The number of unbranched alkanes of at least 4 members (excludes halogenated alkanes) is 6. The Morgan fingerprint density at radius 1 is 0.806 bits per heavy atom. The van der Waals surface area contributed by atoms with Crippen molar-refractivity contribution < 1.29 is 9.90 Å². The molecule has 0 aliphatic rings. The summed E-state index contributed by atoms with van der Waals surface area (Å²) in [6.07, 6.45) is 13.5. The van der Waals surface area contributed by atoms with Crippen molar-refractivity contribution in [3.63, 3.8) is 0 Å². The lowest BCUT2D eigenvalue weighted by Crippen LogP contribution is -2.33. The molecular formula is C26H34N2O2P+. The average molecular weight is 438 g/mol. The summed E-state index contributed by atoms with van der Waals surface area (Å²) in [7, 11) is 0.240. The molecule has 3 aromatic rings. The van der Waals surface area contributed by atoms with Gasteiger partial charge in [-0.1, -0.05) is 62.1 Å². The number of carboxylic acids is 1. The molecule has 0 spiro atoms. The van der Waals surface area contributed by atoms with Crippen molar-refractivity contribution in [2.24, 2.45) is 7.05 Å². The quantitative estimate of drug-likeness (QED) is 0.305. The highest BCUT2D eigenvalue weighted by molar-refractivity contribution is 7.95. The van der Waals surface area contributed by atoms with E-state index in [1.807, 2.05) is 11.7 Å². The highest BCUT2D eigenvalue weighted by Gasteiger charge is 2.45. The van der Waals surface area contributed by atoms with Gasteiger partial charge in [0.05, 0.1) is 18.6 Å². The number of hydrogen-bond acceptors (Lipinski definition) is 2. The fourth-order valence-electron chi connectivity index (χ4n) is 4.31. The van der Waals surface area contributed by atoms with Crippen LogP contribution in [0.5, 0.6) is 0 Å². The molecule has 5 heteroatoms. The Kier molecular flexibility index (Phi) is 8.85. The third-order valence-corrected chi connectivity index (χ3v) is 10.4. The third kappa shape index (κ3) is 6.27. The van der Waals surface area contributed by atoms with Gasteiger partial charge in [-0.25, -0.2) is 0 Å². The van der Waals surface area contributed by atoms with E-state index in [-0.39, 0.29) is 0 Å². The van der Waals surface area contributed by atoms with Crippen LogP contribution in [-0.2, 0) is 11.8 Å². The lowest BCUT2D eigenvalue weighted by molar-refractivity contribution is -0.137. The molecule has 2 aromatic carbocycles. The van der Waals surface area contributed by atoms with Crippen LogP contribution in [0.4, 0.5) is 0 Å². The van der Waals surface area contributed by atoms with Gasteiger partial charge in [-0.15, -0.1) is 0 Å². The van der Waals surface area contributed by atoms with Crippen molar-refractivity contribution in [3.05, 3.63) is 73.1 Å². The van der Waals surface area contributed by atoms with Gasteiger partial charge < -0.3 is 5.11 Å². The van der Waals surface area contributed by atoms with Crippen molar-refractivity contribution >= 4 is 29.1 Å². The molecule has 0 atom stereocenters. The van der Waals surface area contributed by atoms with Crippen LogP contribution in [0, 0.1) is 0 Å². The Morgan fingerprint density at radius 2 is 1.32 bits per heavy atom. The minimum absolute atomic E-state index is 0.298. The van der Waals surface area contributed by atoms with Crippen LogP contribution < -0.4 is 15.9 Å². The molecule has 0 unspecified atom stereocenters. The molecule has 164 valence electrons. The zero-order valence-corrected chi connectivity index (χ0v) is 19.4. The van der Waals surface area contributed by atoms with Crippen LogP contribution >= 0.6 is 7.26 Å². The molecule has 4 nitrogen and oxygen atoms in total. The zero-order valence-electron chi connectivity index (χ0n) is 18.5. The Bertz CT molecular complexity index is 885. The fraction of sp³-hybridized carbons (Fsp3) is 0.385. The van der Waals surface area contributed by atoms with E-state index in [0.29, 0.717) is 6.42 Å². The van der Waals surface area contributed by atoms with E-state index in [9.17, 15) is 4.79 Å². The molecular weight excluding hydrogens is 403 g/mol. The van der Waals surface area contributed by atoms with Crippen molar-refractivity contribution in [2.45, 2.75) is 51.4 Å². The summed E-state index contributed by atoms with van der Waals surface area (Å²) in [4.78, 5) is 10.6. The minimum atomic E-state index is -1.76. The Labute approximate surface area is 186 Å². The van der Waals surface area contributed by atoms with Crippen LogP contribution in [0.2, 0.25) is 0 Å². The highest BCUT2D eigenvalue weighted by atomic mass is 31.2. The molecule has 0 fully saturated rings. The molecule has 31 heavy (non-hydrogen) atoms. The molecule has 3 rings (SSSR count). The number of aryl methyl sites for hydroxylation is 1. The largest absolute Gasteiger partial charge is 0.481 e. The topological polar surface area (TPSA) is 55.1 Å². The Hall–Kier alpha value is -2.45. The number of aliphatic carboxylic acids is 1. The Morgan fingerprint density at radius 3 is 1.81 bits per heavy atom. The zero-order chi connectivity index (χ0) is 21.9. The number of nitrogens with zero attached hydrogens (tertiary/aromatic N) is 2. The van der Waals surface area contributed by atoms with Crippen LogP contribution in [0.1, 0.15) is 51.4 Å². The lowest BCUT2D eigenvalue weighted by atomic mass is 10.1. The molecule has 0 saturated heterocycles. The molecule has 0 aliphatic carbocycles. The van der Waals surface area contributed by atoms with Gasteiger partial charge in [0.1, 0.15) is 23.2 Å². The summed E-state index contributed by atoms with van der Waals surface area (Å²) in [5, 5.41) is 17.5. The van der Waals surface area contributed by atoms with E-state index in [1.54, 1.807) is 0 Å². The first-order valence-corrected chi connectivity index (χ1v) is 13.3. The molecule has 0 radical (unpaired) electrons. The van der Waals surface area contributed by atoms with Crippen molar-refractivity contribution in [1.82, 2.24) is 9.78 Å². The predicted octanol–water partition coefficient (Wildman–Crippen LogP) is 4.92. The average Bonchev–Trinajstić information content (AvgIpc) is 3.23. The second-order valence-corrected chi connectivity index (χ2v) is 11.8. The highest BCUT2D eigenvalue weighted by Crippen LogP contribution is 2.55. The lowest BCUT2D eigenvalue weighted by Gasteiger charge is -2.26. The van der Waals surface area contributed by atoms with Crippen molar-refractivity contribution in [1.29, 1.82) is 0 Å². The Balaban J connectivity index is 1.72. The molecule has 0 amide bonds. The van der Waals surface area contributed by atoms with Crippen LogP contribution in [0.15, 0.2) is 73.1 Å². The summed E-state index contributed by atoms with van der Waals surface area (Å²) in [6, 6.07) is 22.0. The van der Waals surface area contributed by atoms with Gasteiger partial charge in [-0.05, 0) is 43.5 Å². The van der Waals surface area contributed by atoms with E-state index in [2.05, 4.69) is 78.2 Å². The maximum atomic E-state index is 10.6. The maximum absolute atomic E-state index is 10.6. The molecule has 0 saturated carbocycles. The first kappa shape index (κ1) is 23.2. The van der Waals surface area contributed by atoms with Gasteiger partial charge in [0, 0.05) is 13.5 Å². The first-order chi connectivity index (χ1) is 15.1. The van der Waals surface area contributed by atoms with Crippen LogP contribution in [0.25, 0.3) is 0 Å². The second-order valence-electron chi connectivity index (χ2n) is 8.20. The van der Waals surface area contributed by atoms with E-state index in [1.165, 1.54) is 41.6 Å². The summed E-state index contributed by atoms with van der Waals surface area (Å²) in [5.41, 5.74) is 0. The number of aromatic nitrogens is 2. The third-order valence-electron chi connectivity index (χ3n) is 5.91. The summed E-state index contributed by atoms with van der Waals surface area (Å²) in [5.74, 6) is -0.683. The van der Waals surface area contributed by atoms with Gasteiger partial charge in [0.15, 0.2) is 0 Å². The summed E-state index contributed by atoms with van der Waals surface area (Å²) < 4.78 is 1.92. The molecule has 0 bridgehead atoms. The van der Waals surface area contributed by atoms with E-state index >= 15 is 0 Å². The summed E-state index contributed by atoms with van der Waals surface area (Å²) in [6.45, 7) is 0. The number of benzene rings is 2. The van der Waals surface area contributed by atoms with E-state index in [0.717, 1.165) is 25.4 Å². The smallest absolute Gasteiger partial charge is 0.303 e. The van der Waals surface area contributed by atoms with Gasteiger partial charge in [-0.2, -0.15) is 5.10 Å². The molecule has 0 aliphatic heterocycles. The minimum Gasteiger partial charge on any atom is -0.481 e. The monoisotopic (exact) mass is 437 g/mol. The van der Waals surface area contributed by atoms with Crippen molar-refractivity contribution in [2.75, 3.05) is 6.16 Å². The standard InChI is InChI=1S/C26H33N2O2P/c1-28-22-25(21-27-28)31(23-15-9-7-10-16-23,24-17-11-8-12-18-24)20-14-6-4-2-3-5-13-19-26(29)30/h7-12,15-18,21-22H,2-6,13-14,19-20H2,1H3/p+1. The van der Waals surface area contributed by atoms with Crippen LogP contribution in [-0.4, -0.2) is 27.0 Å². The summed E-state index contributed by atoms with van der Waals surface area (Å²) >= 11 is 0. The van der Waals surface area contributed by atoms with Gasteiger partial charge in [-0.3, -0.25) is 9.48 Å². The number of hydrogen-bond donors (Lipinski definition) is 1. The second kappa shape index (κ2) is 11.8.